The Morgan fingerprint density at radius 1 is 0.500 bits per heavy atom. The molecule has 0 bridgehead atoms. The molecule has 0 rings (SSSR count). The molecule has 11 heteroatoms. The summed E-state index contributed by atoms with van der Waals surface area (Å²) in [5, 5.41) is 8.20. The molecule has 3 unspecified atom stereocenters. The molecule has 42 heavy (non-hydrogen) atoms. The van der Waals surface area contributed by atoms with Gasteiger partial charge in [-0.2, -0.15) is 0 Å². The predicted octanol–water partition coefficient (Wildman–Crippen LogP) is 2.62. The van der Waals surface area contributed by atoms with E-state index in [4.69, 9.17) is 22.9 Å². The van der Waals surface area contributed by atoms with Crippen LogP contribution in [0, 0.1) is 0 Å². The molecule has 0 heterocycles. The zero-order valence-corrected chi connectivity index (χ0v) is 26.4. The molecule has 3 atom stereocenters. The van der Waals surface area contributed by atoms with Gasteiger partial charge < -0.3 is 38.9 Å². The SMILES string of the molecule is CCCCCCCCCCCCCCCC(=O)NC(CCCN)C(=O)NC(CCCN)C(=O)NC(CCCN)C(N)=O. The maximum absolute atomic E-state index is 13.2. The zero-order valence-electron chi connectivity index (χ0n) is 26.4. The molecule has 0 aliphatic heterocycles. The van der Waals surface area contributed by atoms with Gasteiger partial charge in [0.1, 0.15) is 18.1 Å². The summed E-state index contributed by atoms with van der Waals surface area (Å²) in [5.41, 5.74) is 22.2. The standard InChI is InChI=1S/C31H63N7O4/c1-2-3-4-5-6-7-8-9-10-11-12-13-14-21-28(39)36-26(19-16-23-33)30(41)38-27(20-17-24-34)31(42)37-25(29(35)40)18-15-22-32/h25-27H,2-24,32-34H2,1H3,(H2,35,40)(H,36,39)(H,37,42)(H,38,41). The molecule has 11 nitrogen and oxygen atoms in total. The predicted molar refractivity (Wildman–Crippen MR) is 170 cm³/mol. The Bertz CT molecular complexity index is 723. The molecule has 0 saturated carbocycles. The van der Waals surface area contributed by atoms with E-state index in [9.17, 15) is 19.2 Å². The first-order valence-electron chi connectivity index (χ1n) is 16.6. The Hall–Kier alpha value is -2.24. The highest BCUT2D eigenvalue weighted by molar-refractivity contribution is 5.93. The Kier molecular flexibility index (Phi) is 26.1. The fourth-order valence-corrected chi connectivity index (χ4v) is 4.90. The van der Waals surface area contributed by atoms with Crippen molar-refractivity contribution in [2.24, 2.45) is 22.9 Å². The Morgan fingerprint density at radius 3 is 1.26 bits per heavy atom. The van der Waals surface area contributed by atoms with E-state index in [2.05, 4.69) is 22.9 Å². The Morgan fingerprint density at radius 2 is 0.857 bits per heavy atom. The van der Waals surface area contributed by atoms with Crippen molar-refractivity contribution in [2.45, 2.75) is 153 Å². The van der Waals surface area contributed by atoms with E-state index in [-0.39, 0.29) is 12.3 Å². The highest BCUT2D eigenvalue weighted by atomic mass is 16.2. The number of rotatable bonds is 29. The fraction of sp³-hybridized carbons (Fsp3) is 0.871. The van der Waals surface area contributed by atoms with Gasteiger partial charge in [-0.1, -0.05) is 84.0 Å². The second-order valence-corrected chi connectivity index (χ2v) is 11.4. The molecule has 0 aromatic carbocycles. The van der Waals surface area contributed by atoms with Crippen LogP contribution in [0.2, 0.25) is 0 Å². The van der Waals surface area contributed by atoms with Crippen LogP contribution in [0.4, 0.5) is 0 Å². The zero-order chi connectivity index (χ0) is 31.4. The van der Waals surface area contributed by atoms with Gasteiger partial charge in [0.2, 0.25) is 23.6 Å². The van der Waals surface area contributed by atoms with E-state index in [0.29, 0.717) is 58.2 Å². The Balaban J connectivity index is 4.64. The summed E-state index contributed by atoms with van der Waals surface area (Å²) < 4.78 is 0. The molecule has 0 saturated heterocycles. The number of unbranched alkanes of at least 4 members (excludes halogenated alkanes) is 12. The summed E-state index contributed by atoms with van der Waals surface area (Å²) in [6.45, 7) is 3.30. The molecule has 0 aliphatic carbocycles. The van der Waals surface area contributed by atoms with Crippen LogP contribution in [0.25, 0.3) is 0 Å². The largest absolute Gasteiger partial charge is 0.368 e. The highest BCUT2D eigenvalue weighted by Crippen LogP contribution is 2.13. The molecular weight excluding hydrogens is 534 g/mol. The molecule has 0 fully saturated rings. The van der Waals surface area contributed by atoms with E-state index < -0.39 is 35.8 Å². The topological polar surface area (TPSA) is 208 Å². The minimum absolute atomic E-state index is 0.186. The van der Waals surface area contributed by atoms with E-state index in [1.807, 2.05) is 0 Å². The molecular formula is C31H63N7O4. The van der Waals surface area contributed by atoms with E-state index in [0.717, 1.165) is 19.3 Å². The third-order valence-electron chi connectivity index (χ3n) is 7.54. The second-order valence-electron chi connectivity index (χ2n) is 11.4. The van der Waals surface area contributed by atoms with E-state index in [1.54, 1.807) is 0 Å². The lowest BCUT2D eigenvalue weighted by atomic mass is 10.0. The van der Waals surface area contributed by atoms with Gasteiger partial charge in [0.15, 0.2) is 0 Å². The lowest BCUT2D eigenvalue weighted by Crippen LogP contribution is -2.56. The lowest BCUT2D eigenvalue weighted by Gasteiger charge is -2.25. The number of nitrogens with two attached hydrogens (primary N) is 4. The van der Waals surface area contributed by atoms with Crippen molar-refractivity contribution in [1.82, 2.24) is 16.0 Å². The van der Waals surface area contributed by atoms with Crippen molar-refractivity contribution < 1.29 is 19.2 Å². The third kappa shape index (κ3) is 21.5. The van der Waals surface area contributed by atoms with Crippen LogP contribution in [0.3, 0.4) is 0 Å². The number of primary amides is 1. The summed E-state index contributed by atoms with van der Waals surface area (Å²) in [6.07, 6.45) is 18.8. The average Bonchev–Trinajstić information content (AvgIpc) is 2.97. The number of nitrogens with one attached hydrogen (secondary N) is 3. The molecule has 11 N–H and O–H groups in total. The van der Waals surface area contributed by atoms with E-state index in [1.165, 1.54) is 64.2 Å². The van der Waals surface area contributed by atoms with Gasteiger partial charge in [0.05, 0.1) is 0 Å². The van der Waals surface area contributed by atoms with Crippen molar-refractivity contribution >= 4 is 23.6 Å². The number of carbonyl (C=O) groups is 4. The quantitative estimate of drug-likeness (QED) is 0.0640. The van der Waals surface area contributed by atoms with Crippen LogP contribution in [-0.2, 0) is 19.2 Å². The Labute approximate surface area is 254 Å². The minimum Gasteiger partial charge on any atom is -0.368 e. The number of carbonyl (C=O) groups excluding carboxylic acids is 4. The maximum Gasteiger partial charge on any atom is 0.243 e. The minimum atomic E-state index is -0.917. The summed E-state index contributed by atoms with van der Waals surface area (Å²) in [6, 6.07) is -2.61. The van der Waals surface area contributed by atoms with Crippen molar-refractivity contribution in [2.75, 3.05) is 19.6 Å². The van der Waals surface area contributed by atoms with Crippen LogP contribution in [-0.4, -0.2) is 61.4 Å². The third-order valence-corrected chi connectivity index (χ3v) is 7.54. The maximum atomic E-state index is 13.2. The summed E-state index contributed by atoms with van der Waals surface area (Å²) in [7, 11) is 0. The number of amides is 4. The fourth-order valence-electron chi connectivity index (χ4n) is 4.90. The van der Waals surface area contributed by atoms with Gasteiger partial charge in [-0.15, -0.1) is 0 Å². The summed E-state index contributed by atoms with van der Waals surface area (Å²) in [5.74, 6) is -1.83. The van der Waals surface area contributed by atoms with Crippen LogP contribution in [0.15, 0.2) is 0 Å². The highest BCUT2D eigenvalue weighted by Gasteiger charge is 2.28. The molecule has 0 aromatic rings. The number of hydrogen-bond acceptors (Lipinski definition) is 7. The van der Waals surface area contributed by atoms with Crippen LogP contribution in [0.1, 0.15) is 135 Å². The van der Waals surface area contributed by atoms with Gasteiger partial charge in [-0.3, -0.25) is 19.2 Å². The molecule has 246 valence electrons. The van der Waals surface area contributed by atoms with Crippen LogP contribution in [0.5, 0.6) is 0 Å². The monoisotopic (exact) mass is 597 g/mol. The summed E-state index contributed by atoms with van der Waals surface area (Å²) >= 11 is 0. The summed E-state index contributed by atoms with van der Waals surface area (Å²) in [4.78, 5) is 50.6. The van der Waals surface area contributed by atoms with E-state index >= 15 is 0 Å². The lowest BCUT2D eigenvalue weighted by molar-refractivity contribution is -0.133. The normalized spacial score (nSPS) is 13.2. The first-order chi connectivity index (χ1) is 20.3. The average molecular weight is 598 g/mol. The van der Waals surface area contributed by atoms with Gasteiger partial charge in [0, 0.05) is 6.42 Å². The molecule has 0 aliphatic rings. The van der Waals surface area contributed by atoms with Crippen molar-refractivity contribution in [1.29, 1.82) is 0 Å². The van der Waals surface area contributed by atoms with Crippen molar-refractivity contribution in [3.63, 3.8) is 0 Å². The molecule has 0 spiro atoms. The van der Waals surface area contributed by atoms with Gasteiger partial charge >= 0.3 is 0 Å². The molecule has 4 amide bonds. The van der Waals surface area contributed by atoms with Crippen LogP contribution < -0.4 is 38.9 Å². The van der Waals surface area contributed by atoms with Gasteiger partial charge in [-0.05, 0) is 64.6 Å². The first kappa shape index (κ1) is 39.8. The van der Waals surface area contributed by atoms with Gasteiger partial charge in [-0.25, -0.2) is 0 Å². The number of hydrogen-bond donors (Lipinski definition) is 7. The first-order valence-corrected chi connectivity index (χ1v) is 16.6. The van der Waals surface area contributed by atoms with Crippen molar-refractivity contribution in [3.05, 3.63) is 0 Å². The molecule has 0 aromatic heterocycles. The van der Waals surface area contributed by atoms with Crippen molar-refractivity contribution in [3.8, 4) is 0 Å². The van der Waals surface area contributed by atoms with Crippen LogP contribution >= 0.6 is 0 Å². The smallest absolute Gasteiger partial charge is 0.243 e. The second kappa shape index (κ2) is 27.6. The molecule has 0 radical (unpaired) electrons. The van der Waals surface area contributed by atoms with Gasteiger partial charge in [0.25, 0.3) is 0 Å².